The van der Waals surface area contributed by atoms with E-state index in [2.05, 4.69) is 4.90 Å². The predicted octanol–water partition coefficient (Wildman–Crippen LogP) is 6.85. The first kappa shape index (κ1) is 26.9. The first-order chi connectivity index (χ1) is 20.0. The van der Waals surface area contributed by atoms with E-state index < -0.39 is 0 Å². The van der Waals surface area contributed by atoms with Gasteiger partial charge in [0.1, 0.15) is 9.71 Å². The van der Waals surface area contributed by atoms with Crippen LogP contribution in [0.15, 0.2) is 78.9 Å². The predicted molar refractivity (Wildman–Crippen MR) is 168 cm³/mol. The van der Waals surface area contributed by atoms with Crippen molar-refractivity contribution in [2.75, 3.05) is 51.0 Å². The van der Waals surface area contributed by atoms with Crippen LogP contribution in [0.3, 0.4) is 0 Å². The van der Waals surface area contributed by atoms with Gasteiger partial charge in [0.2, 0.25) is 0 Å². The molecule has 3 heterocycles. The lowest BCUT2D eigenvalue weighted by molar-refractivity contribution is 0.0752. The Bertz CT molecular complexity index is 1730. The van der Waals surface area contributed by atoms with Crippen molar-refractivity contribution in [1.82, 2.24) is 9.88 Å². The summed E-state index contributed by atoms with van der Waals surface area (Å²) in [7, 11) is 3.23. The molecule has 2 aromatic heterocycles. The van der Waals surface area contributed by atoms with E-state index in [9.17, 15) is 4.79 Å². The number of benzene rings is 3. The number of para-hydroxylation sites is 1. The van der Waals surface area contributed by atoms with Crippen LogP contribution in [0, 0.1) is 0 Å². The number of halogens is 1. The van der Waals surface area contributed by atoms with Gasteiger partial charge in [-0.25, -0.2) is 4.98 Å². The third-order valence-electron chi connectivity index (χ3n) is 7.40. The van der Waals surface area contributed by atoms with Gasteiger partial charge in [-0.1, -0.05) is 60.1 Å². The third-order valence-corrected chi connectivity index (χ3v) is 8.72. The Morgan fingerprint density at radius 2 is 1.66 bits per heavy atom. The normalized spacial score (nSPS) is 13.4. The van der Waals surface area contributed by atoms with Gasteiger partial charge < -0.3 is 25.0 Å². The summed E-state index contributed by atoms with van der Waals surface area (Å²) in [4.78, 5) is 24.1. The highest BCUT2D eigenvalue weighted by atomic mass is 35.5. The first-order valence-electron chi connectivity index (χ1n) is 13.3. The average molecular weight is 585 g/mol. The minimum Gasteiger partial charge on any atom is -0.493 e. The molecule has 0 spiro atoms. The number of nitrogens with two attached hydrogens (primary N) is 1. The summed E-state index contributed by atoms with van der Waals surface area (Å²) < 4.78 is 11.4. The number of amides is 1. The van der Waals surface area contributed by atoms with E-state index >= 15 is 0 Å². The minimum absolute atomic E-state index is 0.0823. The standard InChI is InChI=1S/C32H29ClN4O3S/c1-39-26-13-7-12-23(29(26)40-2)24-19-25(20-8-4-3-5-9-20)35-31-27(24)28(34)30(41-31)32(38)37-16-14-36(15-17-37)22-11-6-10-21(33)18-22/h3-13,18-19H,14-17,34H2,1-2H3. The molecule has 7 nitrogen and oxygen atoms in total. The maximum atomic E-state index is 13.9. The van der Waals surface area contributed by atoms with Crippen LogP contribution >= 0.6 is 22.9 Å². The smallest absolute Gasteiger partial charge is 0.266 e. The van der Waals surface area contributed by atoms with Crippen LogP contribution in [0.5, 0.6) is 11.5 Å². The van der Waals surface area contributed by atoms with Gasteiger partial charge in [-0.05, 0) is 30.3 Å². The number of ether oxygens (including phenoxy) is 2. The van der Waals surface area contributed by atoms with Gasteiger partial charge in [0.15, 0.2) is 11.5 Å². The zero-order chi connectivity index (χ0) is 28.5. The van der Waals surface area contributed by atoms with Gasteiger partial charge in [0.05, 0.1) is 25.6 Å². The number of hydrogen-bond acceptors (Lipinski definition) is 7. The molecule has 6 rings (SSSR count). The molecular weight excluding hydrogens is 556 g/mol. The van der Waals surface area contributed by atoms with E-state index in [1.54, 1.807) is 14.2 Å². The number of rotatable bonds is 6. The van der Waals surface area contributed by atoms with E-state index in [4.69, 9.17) is 31.8 Å². The molecule has 208 valence electrons. The lowest BCUT2D eigenvalue weighted by Gasteiger charge is -2.36. The zero-order valence-corrected chi connectivity index (χ0v) is 24.3. The van der Waals surface area contributed by atoms with Crippen molar-refractivity contribution in [3.05, 3.63) is 88.8 Å². The molecule has 1 saturated heterocycles. The summed E-state index contributed by atoms with van der Waals surface area (Å²) in [5.74, 6) is 1.12. The monoisotopic (exact) mass is 584 g/mol. The van der Waals surface area contributed by atoms with Crippen molar-refractivity contribution in [3.8, 4) is 33.9 Å². The molecule has 5 aromatic rings. The molecule has 41 heavy (non-hydrogen) atoms. The number of aromatic nitrogens is 1. The summed E-state index contributed by atoms with van der Waals surface area (Å²) >= 11 is 7.53. The molecule has 1 fully saturated rings. The Kier molecular flexibility index (Phi) is 7.43. The number of methoxy groups -OCH3 is 2. The number of nitrogens with zero attached hydrogens (tertiary/aromatic N) is 3. The second-order valence-electron chi connectivity index (χ2n) is 9.75. The SMILES string of the molecule is COc1cccc(-c2cc(-c3ccccc3)nc3sc(C(=O)N4CCN(c5cccc(Cl)c5)CC4)c(N)c23)c1OC. The second kappa shape index (κ2) is 11.3. The lowest BCUT2D eigenvalue weighted by atomic mass is 9.98. The molecule has 3 aromatic carbocycles. The zero-order valence-electron chi connectivity index (χ0n) is 22.8. The number of pyridine rings is 1. The molecule has 1 amide bonds. The Morgan fingerprint density at radius 1 is 0.902 bits per heavy atom. The van der Waals surface area contributed by atoms with Crippen LogP contribution in [0.2, 0.25) is 5.02 Å². The van der Waals surface area contributed by atoms with Crippen molar-refractivity contribution in [3.63, 3.8) is 0 Å². The fourth-order valence-electron chi connectivity index (χ4n) is 5.33. The fourth-order valence-corrected chi connectivity index (χ4v) is 6.60. The topological polar surface area (TPSA) is 80.9 Å². The van der Waals surface area contributed by atoms with Crippen molar-refractivity contribution >= 4 is 50.4 Å². The van der Waals surface area contributed by atoms with E-state index in [0.29, 0.717) is 58.1 Å². The molecule has 0 aliphatic carbocycles. The number of anilines is 2. The Labute approximate surface area is 247 Å². The van der Waals surface area contributed by atoms with Gasteiger partial charge in [-0.3, -0.25) is 4.79 Å². The Morgan fingerprint density at radius 3 is 2.37 bits per heavy atom. The molecule has 1 aliphatic rings. The lowest BCUT2D eigenvalue weighted by Crippen LogP contribution is -2.48. The molecule has 0 unspecified atom stereocenters. The quantitative estimate of drug-likeness (QED) is 0.235. The Balaban J connectivity index is 1.41. The van der Waals surface area contributed by atoms with Gasteiger partial charge in [0, 0.05) is 59.0 Å². The van der Waals surface area contributed by atoms with Gasteiger partial charge >= 0.3 is 0 Å². The van der Waals surface area contributed by atoms with Crippen LogP contribution in [-0.4, -0.2) is 56.2 Å². The molecule has 1 aliphatic heterocycles. The maximum absolute atomic E-state index is 13.9. The van der Waals surface area contributed by atoms with Crippen LogP contribution in [-0.2, 0) is 0 Å². The Hall–Kier alpha value is -4.27. The van der Waals surface area contributed by atoms with Crippen molar-refractivity contribution in [2.45, 2.75) is 0 Å². The summed E-state index contributed by atoms with van der Waals surface area (Å²) in [6.45, 7) is 2.58. The number of nitrogen functional groups attached to an aromatic ring is 1. The average Bonchev–Trinajstić information content (AvgIpc) is 3.36. The summed E-state index contributed by atoms with van der Waals surface area (Å²) in [5, 5.41) is 1.44. The van der Waals surface area contributed by atoms with Crippen molar-refractivity contribution in [2.24, 2.45) is 0 Å². The number of piperazine rings is 1. The van der Waals surface area contributed by atoms with Crippen LogP contribution < -0.4 is 20.1 Å². The van der Waals surface area contributed by atoms with Crippen molar-refractivity contribution in [1.29, 1.82) is 0 Å². The molecular formula is C32H29ClN4O3S. The molecule has 0 atom stereocenters. The molecule has 9 heteroatoms. The molecule has 0 radical (unpaired) electrons. The molecule has 2 N–H and O–H groups in total. The van der Waals surface area contributed by atoms with Crippen LogP contribution in [0.4, 0.5) is 11.4 Å². The highest BCUT2D eigenvalue weighted by Gasteiger charge is 2.28. The summed E-state index contributed by atoms with van der Waals surface area (Å²) in [6.07, 6.45) is 0. The van der Waals surface area contributed by atoms with Gasteiger partial charge in [-0.2, -0.15) is 0 Å². The number of fused-ring (bicyclic) bond motifs is 1. The third kappa shape index (κ3) is 5.05. The second-order valence-corrected chi connectivity index (χ2v) is 11.2. The summed E-state index contributed by atoms with van der Waals surface area (Å²) in [5.41, 5.74) is 11.7. The van der Waals surface area contributed by atoms with E-state index in [1.807, 2.05) is 83.8 Å². The number of carbonyl (C=O) groups is 1. The number of thiophene rings is 1. The fraction of sp³-hybridized carbons (Fsp3) is 0.188. The van der Waals surface area contributed by atoms with E-state index in [0.717, 1.165) is 33.5 Å². The number of carbonyl (C=O) groups excluding carboxylic acids is 1. The largest absolute Gasteiger partial charge is 0.493 e. The van der Waals surface area contributed by atoms with Gasteiger partial charge in [0.25, 0.3) is 5.91 Å². The van der Waals surface area contributed by atoms with Crippen LogP contribution in [0.1, 0.15) is 9.67 Å². The molecule has 0 saturated carbocycles. The highest BCUT2D eigenvalue weighted by molar-refractivity contribution is 7.21. The van der Waals surface area contributed by atoms with Gasteiger partial charge in [-0.15, -0.1) is 11.3 Å². The van der Waals surface area contributed by atoms with Crippen molar-refractivity contribution < 1.29 is 14.3 Å². The minimum atomic E-state index is -0.0823. The van der Waals surface area contributed by atoms with E-state index in [1.165, 1.54) is 11.3 Å². The summed E-state index contributed by atoms with van der Waals surface area (Å²) in [6, 6.07) is 25.5. The maximum Gasteiger partial charge on any atom is 0.266 e. The van der Waals surface area contributed by atoms with E-state index in [-0.39, 0.29) is 5.91 Å². The first-order valence-corrected chi connectivity index (χ1v) is 14.5. The highest BCUT2D eigenvalue weighted by Crippen LogP contribution is 2.46. The molecule has 0 bridgehead atoms. The van der Waals surface area contributed by atoms with Crippen LogP contribution in [0.25, 0.3) is 32.6 Å². The number of hydrogen-bond donors (Lipinski definition) is 1.